The van der Waals surface area contributed by atoms with Crippen molar-refractivity contribution in [1.29, 1.82) is 0 Å². The van der Waals surface area contributed by atoms with Crippen molar-refractivity contribution in [3.05, 3.63) is 33.8 Å². The normalized spacial score (nSPS) is 15.0. The Labute approximate surface area is 140 Å². The molecule has 22 heavy (non-hydrogen) atoms. The van der Waals surface area contributed by atoms with Crippen LogP contribution in [0.4, 0.5) is 0 Å². The summed E-state index contributed by atoms with van der Waals surface area (Å²) >= 11 is 12.4. The molecule has 0 heterocycles. The van der Waals surface area contributed by atoms with Gasteiger partial charge in [0.1, 0.15) is 12.9 Å². The lowest BCUT2D eigenvalue weighted by molar-refractivity contribution is -0.0879. The van der Waals surface area contributed by atoms with Gasteiger partial charge in [-0.1, -0.05) is 43.1 Å². The first-order chi connectivity index (χ1) is 10.2. The summed E-state index contributed by atoms with van der Waals surface area (Å²) in [6.07, 6.45) is -0.830. The molecule has 1 rings (SSSR count). The smallest absolute Gasteiger partial charge is 0.333 e. The van der Waals surface area contributed by atoms with Crippen molar-refractivity contribution in [3.8, 4) is 0 Å². The fraction of sp³-hybridized carbons (Fsp3) is 0.538. The molecular formula is C13H19Cl2NO5S. The Bertz CT molecular complexity index is 574. The zero-order valence-electron chi connectivity index (χ0n) is 12.4. The molecule has 1 aromatic carbocycles. The average Bonchev–Trinajstić information content (AvgIpc) is 2.38. The predicted octanol–water partition coefficient (Wildman–Crippen LogP) is 3.07. The maximum Gasteiger partial charge on any atom is 0.333 e. The van der Waals surface area contributed by atoms with Gasteiger partial charge >= 0.3 is 10.3 Å². The highest BCUT2D eigenvalue weighted by Crippen LogP contribution is 2.36. The first kappa shape index (κ1) is 19.6. The van der Waals surface area contributed by atoms with Crippen molar-refractivity contribution in [2.45, 2.75) is 26.0 Å². The van der Waals surface area contributed by atoms with E-state index in [1.165, 1.54) is 7.11 Å². The predicted molar refractivity (Wildman–Crippen MR) is 85.5 cm³/mol. The number of nitrogens with one attached hydrogen (secondary N) is 1. The molecule has 0 saturated heterocycles. The number of rotatable bonds is 8. The van der Waals surface area contributed by atoms with Gasteiger partial charge in [-0.3, -0.25) is 4.55 Å². The van der Waals surface area contributed by atoms with Crippen LogP contribution in [0.1, 0.15) is 25.5 Å². The van der Waals surface area contributed by atoms with Crippen LogP contribution in [0.25, 0.3) is 0 Å². The highest BCUT2D eigenvalue weighted by Gasteiger charge is 2.33. The van der Waals surface area contributed by atoms with Gasteiger partial charge < -0.3 is 9.47 Å². The molecule has 0 aliphatic carbocycles. The molecule has 1 aromatic rings. The van der Waals surface area contributed by atoms with E-state index >= 15 is 0 Å². The molecule has 0 bridgehead atoms. The lowest BCUT2D eigenvalue weighted by atomic mass is 9.94. The van der Waals surface area contributed by atoms with Gasteiger partial charge in [-0.15, -0.1) is 0 Å². The van der Waals surface area contributed by atoms with E-state index in [-0.39, 0.29) is 12.7 Å². The molecule has 0 aliphatic rings. The van der Waals surface area contributed by atoms with Crippen LogP contribution in [-0.2, 0) is 19.8 Å². The topological polar surface area (TPSA) is 84.9 Å². The first-order valence-electron chi connectivity index (χ1n) is 6.46. The third-order valence-electron chi connectivity index (χ3n) is 2.98. The summed E-state index contributed by atoms with van der Waals surface area (Å²) in [6.45, 7) is 3.45. The second-order valence-electron chi connectivity index (χ2n) is 4.99. The summed E-state index contributed by atoms with van der Waals surface area (Å²) in [5.74, 6) is -0.212. The molecule has 126 valence electrons. The maximum atomic E-state index is 11.2. The van der Waals surface area contributed by atoms with E-state index in [0.717, 1.165) is 0 Å². The summed E-state index contributed by atoms with van der Waals surface area (Å²) in [6, 6.07) is 4.12. The van der Waals surface area contributed by atoms with Crippen molar-refractivity contribution < 1.29 is 22.4 Å². The maximum absolute atomic E-state index is 11.2. The van der Waals surface area contributed by atoms with Crippen LogP contribution in [0, 0.1) is 5.92 Å². The fourth-order valence-electron chi connectivity index (χ4n) is 2.01. The molecule has 0 amide bonds. The zero-order chi connectivity index (χ0) is 16.9. The van der Waals surface area contributed by atoms with Crippen LogP contribution in [0.2, 0.25) is 10.0 Å². The van der Waals surface area contributed by atoms with Gasteiger partial charge in [0.2, 0.25) is 0 Å². The van der Waals surface area contributed by atoms with Gasteiger partial charge in [0.05, 0.1) is 6.04 Å². The third kappa shape index (κ3) is 5.66. The third-order valence-corrected chi connectivity index (χ3v) is 4.21. The first-order valence-corrected chi connectivity index (χ1v) is 8.66. The second kappa shape index (κ2) is 8.44. The molecule has 0 aromatic heterocycles. The lowest BCUT2D eigenvalue weighted by Gasteiger charge is -2.31. The van der Waals surface area contributed by atoms with Gasteiger partial charge in [-0.2, -0.15) is 13.1 Å². The van der Waals surface area contributed by atoms with E-state index in [1.54, 1.807) is 32.0 Å². The molecule has 2 N–H and O–H groups in total. The quantitative estimate of drug-likeness (QED) is 0.541. The molecule has 9 heteroatoms. The number of hydrogen-bond acceptors (Lipinski definition) is 4. The van der Waals surface area contributed by atoms with Crippen molar-refractivity contribution in [3.63, 3.8) is 0 Å². The van der Waals surface area contributed by atoms with E-state index in [4.69, 9.17) is 37.2 Å². The molecule has 0 radical (unpaired) electrons. The van der Waals surface area contributed by atoms with Crippen LogP contribution in [0.15, 0.2) is 18.2 Å². The van der Waals surface area contributed by atoms with Crippen LogP contribution >= 0.6 is 23.2 Å². The molecule has 0 aliphatic heterocycles. The van der Waals surface area contributed by atoms with Crippen LogP contribution in [0.5, 0.6) is 0 Å². The Kier molecular flexibility index (Phi) is 7.54. The SMILES string of the molecule is COCO[C@H](c1c(Cl)cccc1Cl)[C@H](NS(=O)(=O)O)C(C)C. The summed E-state index contributed by atoms with van der Waals surface area (Å²) in [7, 11) is -2.99. The Balaban J connectivity index is 3.30. The molecule has 2 atom stereocenters. The summed E-state index contributed by atoms with van der Waals surface area (Å²) in [5.41, 5.74) is 0.428. The van der Waals surface area contributed by atoms with E-state index in [0.29, 0.717) is 15.6 Å². The van der Waals surface area contributed by atoms with Gasteiger partial charge in [0.25, 0.3) is 0 Å². The van der Waals surface area contributed by atoms with Gasteiger partial charge in [-0.05, 0) is 18.1 Å². The van der Waals surface area contributed by atoms with Gasteiger partial charge in [0.15, 0.2) is 0 Å². The van der Waals surface area contributed by atoms with Crippen molar-refractivity contribution in [1.82, 2.24) is 4.72 Å². The van der Waals surface area contributed by atoms with Crippen molar-refractivity contribution in [2.75, 3.05) is 13.9 Å². The molecule has 6 nitrogen and oxygen atoms in total. The van der Waals surface area contributed by atoms with Crippen molar-refractivity contribution in [2.24, 2.45) is 5.92 Å². The molecule has 0 spiro atoms. The Morgan fingerprint density at radius 2 is 1.82 bits per heavy atom. The molecule has 0 saturated carbocycles. The van der Waals surface area contributed by atoms with E-state index in [2.05, 4.69) is 4.72 Å². The van der Waals surface area contributed by atoms with Crippen LogP contribution in [-0.4, -0.2) is 32.9 Å². The molecule has 0 unspecified atom stereocenters. The highest BCUT2D eigenvalue weighted by atomic mass is 35.5. The molecule has 0 fully saturated rings. The van der Waals surface area contributed by atoms with Crippen LogP contribution in [0.3, 0.4) is 0 Å². The Morgan fingerprint density at radius 1 is 1.27 bits per heavy atom. The number of benzene rings is 1. The minimum atomic E-state index is -4.43. The van der Waals surface area contributed by atoms with Gasteiger partial charge in [0, 0.05) is 22.7 Å². The monoisotopic (exact) mass is 371 g/mol. The second-order valence-corrected chi connectivity index (χ2v) is 6.99. The van der Waals surface area contributed by atoms with Crippen LogP contribution < -0.4 is 4.72 Å². The lowest BCUT2D eigenvalue weighted by Crippen LogP contribution is -2.43. The van der Waals surface area contributed by atoms with E-state index in [1.807, 2.05) is 0 Å². The Hall–Kier alpha value is -0.410. The standard InChI is InChI=1S/C13H19Cl2NO5S/c1-8(2)12(16-22(17,18)19)13(21-7-20-3)11-9(14)5-4-6-10(11)15/h4-6,8,12-13,16H,7H2,1-3H3,(H,17,18,19)/t12-,13-/m1/s1. The molecular weight excluding hydrogens is 353 g/mol. The van der Waals surface area contributed by atoms with Crippen molar-refractivity contribution >= 4 is 33.5 Å². The van der Waals surface area contributed by atoms with E-state index < -0.39 is 22.4 Å². The van der Waals surface area contributed by atoms with Gasteiger partial charge in [-0.25, -0.2) is 0 Å². The number of halogens is 2. The highest BCUT2D eigenvalue weighted by molar-refractivity contribution is 7.83. The zero-order valence-corrected chi connectivity index (χ0v) is 14.7. The minimum Gasteiger partial charge on any atom is -0.359 e. The summed E-state index contributed by atoms with van der Waals surface area (Å²) < 4.78 is 44.2. The number of methoxy groups -OCH3 is 1. The summed E-state index contributed by atoms with van der Waals surface area (Å²) in [5, 5.41) is 0.660. The number of ether oxygens (including phenoxy) is 2. The summed E-state index contributed by atoms with van der Waals surface area (Å²) in [4.78, 5) is 0. The number of hydrogen-bond donors (Lipinski definition) is 2. The van der Waals surface area contributed by atoms with E-state index in [9.17, 15) is 8.42 Å². The average molecular weight is 372 g/mol. The minimum absolute atomic E-state index is 0.0946. The fourth-order valence-corrected chi connectivity index (χ4v) is 3.36. The largest absolute Gasteiger partial charge is 0.359 e. The Morgan fingerprint density at radius 3 is 2.23 bits per heavy atom.